The van der Waals surface area contributed by atoms with Crippen LogP contribution in [0.2, 0.25) is 0 Å². The summed E-state index contributed by atoms with van der Waals surface area (Å²) in [5.41, 5.74) is 5.55. The molecule has 4 rings (SSSR count). The van der Waals surface area contributed by atoms with Crippen molar-refractivity contribution in [2.75, 3.05) is 19.4 Å². The van der Waals surface area contributed by atoms with Crippen molar-refractivity contribution >= 4 is 17.7 Å². The molecule has 0 saturated heterocycles. The van der Waals surface area contributed by atoms with Crippen molar-refractivity contribution in [3.63, 3.8) is 0 Å². The Bertz CT molecular complexity index is 1130. The summed E-state index contributed by atoms with van der Waals surface area (Å²) in [7, 11) is 0. The molecule has 0 saturated carbocycles. The lowest BCUT2D eigenvalue weighted by Crippen LogP contribution is -2.31. The molecule has 3 aromatic rings. The number of amides is 1. The minimum atomic E-state index is -0.281. The number of hydrogen-bond acceptors (Lipinski definition) is 5. The molecule has 0 aliphatic carbocycles. The number of aryl methyl sites for hydroxylation is 2. The number of nitrogens with zero attached hydrogens (tertiary/aromatic N) is 2. The molecule has 0 radical (unpaired) electrons. The van der Waals surface area contributed by atoms with Gasteiger partial charge in [0.05, 0.1) is 12.1 Å². The maximum Gasteiger partial charge on any atom is 0.273 e. The number of fused-ring (bicyclic) bond motifs is 1. The van der Waals surface area contributed by atoms with Gasteiger partial charge in [0.25, 0.3) is 5.91 Å². The SMILES string of the molecule is CSc1ccc(C2c3c(-c4c(C)cc(C)cc4O)n[nH]c3C(=O)N2CCCOC(C)C)cc1. The minimum Gasteiger partial charge on any atom is -0.507 e. The first kappa shape index (κ1) is 23.4. The molecule has 33 heavy (non-hydrogen) atoms. The van der Waals surface area contributed by atoms with E-state index in [1.54, 1.807) is 17.8 Å². The molecule has 2 N–H and O–H groups in total. The number of aromatic nitrogens is 2. The van der Waals surface area contributed by atoms with Crippen LogP contribution in [0.15, 0.2) is 41.3 Å². The van der Waals surface area contributed by atoms with Gasteiger partial charge in [0.1, 0.15) is 17.1 Å². The Morgan fingerprint density at radius 2 is 1.94 bits per heavy atom. The number of benzene rings is 2. The lowest BCUT2D eigenvalue weighted by molar-refractivity contribution is 0.0601. The van der Waals surface area contributed by atoms with E-state index >= 15 is 0 Å². The summed E-state index contributed by atoms with van der Waals surface area (Å²) in [6, 6.07) is 11.8. The van der Waals surface area contributed by atoms with Gasteiger partial charge in [-0.3, -0.25) is 9.89 Å². The van der Waals surface area contributed by atoms with Gasteiger partial charge in [0.15, 0.2) is 0 Å². The smallest absolute Gasteiger partial charge is 0.273 e. The quantitative estimate of drug-likeness (QED) is 0.340. The Balaban J connectivity index is 1.79. The second kappa shape index (κ2) is 9.61. The molecule has 1 amide bonds. The maximum absolute atomic E-state index is 13.4. The van der Waals surface area contributed by atoms with E-state index in [2.05, 4.69) is 34.5 Å². The van der Waals surface area contributed by atoms with Crippen LogP contribution in [0.5, 0.6) is 5.75 Å². The van der Waals surface area contributed by atoms with Crippen LogP contribution in [-0.2, 0) is 4.74 Å². The largest absolute Gasteiger partial charge is 0.507 e. The van der Waals surface area contributed by atoms with Gasteiger partial charge in [0.2, 0.25) is 0 Å². The summed E-state index contributed by atoms with van der Waals surface area (Å²) in [5, 5.41) is 18.3. The first-order chi connectivity index (χ1) is 15.8. The molecule has 0 spiro atoms. The van der Waals surface area contributed by atoms with Gasteiger partial charge in [-0.25, -0.2) is 0 Å². The van der Waals surface area contributed by atoms with Crippen molar-refractivity contribution < 1.29 is 14.6 Å². The van der Waals surface area contributed by atoms with Crippen molar-refractivity contribution in [3.8, 4) is 17.0 Å². The Morgan fingerprint density at radius 1 is 1.21 bits per heavy atom. The number of nitrogens with one attached hydrogen (secondary N) is 1. The summed E-state index contributed by atoms with van der Waals surface area (Å²) >= 11 is 1.68. The topological polar surface area (TPSA) is 78.5 Å². The number of carbonyl (C=O) groups is 1. The van der Waals surface area contributed by atoms with Gasteiger partial charge in [-0.15, -0.1) is 11.8 Å². The molecule has 1 unspecified atom stereocenters. The number of phenols is 1. The number of phenolic OH excluding ortho intramolecular Hbond substituents is 1. The van der Waals surface area contributed by atoms with Crippen molar-refractivity contribution in [3.05, 3.63) is 64.3 Å². The van der Waals surface area contributed by atoms with Crippen LogP contribution >= 0.6 is 11.8 Å². The van der Waals surface area contributed by atoms with Crippen LogP contribution in [0.4, 0.5) is 0 Å². The fourth-order valence-electron chi connectivity index (χ4n) is 4.56. The Hall–Kier alpha value is -2.77. The lowest BCUT2D eigenvalue weighted by Gasteiger charge is -2.27. The van der Waals surface area contributed by atoms with Crippen LogP contribution in [0.25, 0.3) is 11.3 Å². The molecule has 2 heterocycles. The fraction of sp³-hybridized carbons (Fsp3) is 0.385. The van der Waals surface area contributed by atoms with Crippen LogP contribution in [0, 0.1) is 13.8 Å². The zero-order valence-electron chi connectivity index (χ0n) is 19.8. The van der Waals surface area contributed by atoms with Gasteiger partial charge >= 0.3 is 0 Å². The number of H-pyrrole nitrogens is 1. The highest BCUT2D eigenvalue weighted by molar-refractivity contribution is 7.98. The molecular weight excluding hydrogens is 434 g/mol. The van der Waals surface area contributed by atoms with E-state index in [0.717, 1.165) is 28.7 Å². The van der Waals surface area contributed by atoms with Crippen LogP contribution in [0.1, 0.15) is 59.1 Å². The predicted molar refractivity (Wildman–Crippen MR) is 132 cm³/mol. The maximum atomic E-state index is 13.4. The van der Waals surface area contributed by atoms with E-state index in [0.29, 0.717) is 30.1 Å². The lowest BCUT2D eigenvalue weighted by atomic mass is 9.93. The molecule has 1 atom stereocenters. The highest BCUT2D eigenvalue weighted by Crippen LogP contribution is 2.45. The molecule has 1 aliphatic heterocycles. The average molecular weight is 466 g/mol. The van der Waals surface area contributed by atoms with E-state index in [9.17, 15) is 9.90 Å². The highest BCUT2D eigenvalue weighted by atomic mass is 32.2. The number of aromatic hydroxyl groups is 1. The van der Waals surface area contributed by atoms with E-state index in [4.69, 9.17) is 4.74 Å². The summed E-state index contributed by atoms with van der Waals surface area (Å²) in [4.78, 5) is 16.5. The van der Waals surface area contributed by atoms with E-state index in [1.807, 2.05) is 44.9 Å². The third-order valence-corrected chi connectivity index (χ3v) is 6.73. The molecule has 1 aliphatic rings. The summed E-state index contributed by atoms with van der Waals surface area (Å²) in [6.45, 7) is 9.10. The minimum absolute atomic E-state index is 0.0727. The van der Waals surface area contributed by atoms with Crippen molar-refractivity contribution in [2.45, 2.75) is 51.2 Å². The van der Waals surface area contributed by atoms with Crippen molar-refractivity contribution in [1.29, 1.82) is 0 Å². The van der Waals surface area contributed by atoms with Crippen molar-refractivity contribution in [1.82, 2.24) is 15.1 Å². The Kier molecular flexibility index (Phi) is 6.81. The first-order valence-electron chi connectivity index (χ1n) is 11.3. The molecule has 1 aromatic heterocycles. The molecule has 2 aromatic carbocycles. The number of carbonyl (C=O) groups excluding carboxylic acids is 1. The van der Waals surface area contributed by atoms with E-state index in [1.165, 1.54) is 4.90 Å². The number of thioether (sulfide) groups is 1. The van der Waals surface area contributed by atoms with Crippen LogP contribution < -0.4 is 0 Å². The molecule has 7 heteroatoms. The Labute approximate surface area is 199 Å². The van der Waals surface area contributed by atoms with E-state index < -0.39 is 0 Å². The fourth-order valence-corrected chi connectivity index (χ4v) is 4.97. The van der Waals surface area contributed by atoms with Gasteiger partial charge < -0.3 is 14.7 Å². The molecule has 0 bridgehead atoms. The normalized spacial score (nSPS) is 15.5. The second-order valence-corrected chi connectivity index (χ2v) is 9.66. The predicted octanol–water partition coefficient (Wildman–Crippen LogP) is 5.48. The third kappa shape index (κ3) is 4.52. The highest BCUT2D eigenvalue weighted by Gasteiger charge is 2.42. The third-order valence-electron chi connectivity index (χ3n) is 5.99. The van der Waals surface area contributed by atoms with Crippen LogP contribution in [-0.4, -0.2) is 51.6 Å². The molecule has 6 nitrogen and oxygen atoms in total. The van der Waals surface area contributed by atoms with E-state index in [-0.39, 0.29) is 23.8 Å². The number of aromatic amines is 1. The molecular formula is C26H31N3O3S. The number of hydrogen-bond donors (Lipinski definition) is 2. The van der Waals surface area contributed by atoms with Crippen molar-refractivity contribution in [2.24, 2.45) is 0 Å². The standard InChI is InChI=1S/C26H31N3O3S/c1-15(2)32-12-6-11-29-25(18-7-9-19(33-5)10-8-18)22-23(27-28-24(22)26(29)31)21-17(4)13-16(3)14-20(21)30/h7-10,13-15,25,30H,6,11-12H2,1-5H3,(H,27,28). The summed E-state index contributed by atoms with van der Waals surface area (Å²) in [5.74, 6) is 0.103. The van der Waals surface area contributed by atoms with Gasteiger partial charge in [-0.05, 0) is 75.3 Å². The summed E-state index contributed by atoms with van der Waals surface area (Å²) in [6.07, 6.45) is 2.94. The zero-order valence-corrected chi connectivity index (χ0v) is 20.6. The zero-order chi connectivity index (χ0) is 23.7. The monoisotopic (exact) mass is 465 g/mol. The molecule has 174 valence electrons. The number of rotatable bonds is 8. The first-order valence-corrected chi connectivity index (χ1v) is 12.5. The summed E-state index contributed by atoms with van der Waals surface area (Å²) < 4.78 is 5.71. The van der Waals surface area contributed by atoms with Crippen LogP contribution in [0.3, 0.4) is 0 Å². The van der Waals surface area contributed by atoms with Gasteiger partial charge in [-0.2, -0.15) is 5.10 Å². The number of ether oxygens (including phenoxy) is 1. The Morgan fingerprint density at radius 3 is 2.58 bits per heavy atom. The average Bonchev–Trinajstić information content (AvgIpc) is 3.30. The second-order valence-electron chi connectivity index (χ2n) is 8.78. The van der Waals surface area contributed by atoms with Gasteiger partial charge in [0, 0.05) is 29.2 Å². The van der Waals surface area contributed by atoms with Gasteiger partial charge in [-0.1, -0.05) is 18.2 Å². The molecule has 0 fully saturated rings.